The van der Waals surface area contributed by atoms with Gasteiger partial charge in [0.15, 0.2) is 0 Å². The smallest absolute Gasteiger partial charge is 0.00190 e. The van der Waals surface area contributed by atoms with Gasteiger partial charge in [-0.05, 0) is 59.6 Å². The molecule has 1 saturated carbocycles. The largest absolute Gasteiger partial charge is 0.303 e. The number of benzene rings is 2. The lowest BCUT2D eigenvalue weighted by molar-refractivity contribution is 0.250. The standard InChI is InChI=1S/C34H45N/c1(3-6-14-28-15-7-5-8-16-28)2-4-13-25-35-26-23-31(24-27-35)34-32-19-11-9-17-29(32)21-22-30-18-10-12-20-33(30)34/h9-12,17-22,28H,1-8,13-16,23-27H2. The third-order valence-corrected chi connectivity index (χ3v) is 8.78. The van der Waals surface area contributed by atoms with Crippen molar-refractivity contribution >= 4 is 17.7 Å². The summed E-state index contributed by atoms with van der Waals surface area (Å²) in [6, 6.07) is 17.9. The summed E-state index contributed by atoms with van der Waals surface area (Å²) in [5.41, 5.74) is 8.71. The Bertz CT molecular complexity index is 945. The van der Waals surface area contributed by atoms with Gasteiger partial charge >= 0.3 is 0 Å². The lowest BCUT2D eigenvalue weighted by Crippen LogP contribution is -2.32. The third kappa shape index (κ3) is 6.56. The predicted molar refractivity (Wildman–Crippen MR) is 152 cm³/mol. The molecule has 186 valence electrons. The van der Waals surface area contributed by atoms with E-state index in [0.717, 1.165) is 5.92 Å². The first-order valence-electron chi connectivity index (χ1n) is 14.7. The summed E-state index contributed by atoms with van der Waals surface area (Å²) in [6.07, 6.45) is 24.7. The van der Waals surface area contributed by atoms with Gasteiger partial charge in [0.2, 0.25) is 0 Å². The Kier molecular flexibility index (Phi) is 8.93. The second-order valence-corrected chi connectivity index (χ2v) is 11.2. The van der Waals surface area contributed by atoms with Crippen molar-refractivity contribution in [3.05, 3.63) is 76.4 Å². The molecule has 2 aromatic carbocycles. The van der Waals surface area contributed by atoms with Crippen LogP contribution in [0.2, 0.25) is 0 Å². The Hall–Kier alpha value is -2.12. The summed E-state index contributed by atoms with van der Waals surface area (Å²) in [5, 5.41) is 0. The van der Waals surface area contributed by atoms with Gasteiger partial charge in [0, 0.05) is 13.1 Å². The number of piperidine rings is 1. The van der Waals surface area contributed by atoms with Crippen molar-refractivity contribution in [2.24, 2.45) is 5.92 Å². The molecule has 1 heterocycles. The summed E-state index contributed by atoms with van der Waals surface area (Å²) < 4.78 is 0. The molecular weight excluding hydrogens is 422 g/mol. The highest BCUT2D eigenvalue weighted by Crippen LogP contribution is 2.38. The molecule has 0 spiro atoms. The molecule has 0 N–H and O–H groups in total. The van der Waals surface area contributed by atoms with Crippen LogP contribution in [0.4, 0.5) is 0 Å². The van der Waals surface area contributed by atoms with Crippen molar-refractivity contribution in [3.63, 3.8) is 0 Å². The minimum absolute atomic E-state index is 1.07. The topological polar surface area (TPSA) is 3.24 Å². The molecule has 0 bridgehead atoms. The van der Waals surface area contributed by atoms with Crippen molar-refractivity contribution in [3.8, 4) is 0 Å². The Morgan fingerprint density at radius 3 is 1.86 bits per heavy atom. The molecule has 2 aromatic rings. The molecule has 3 aliphatic rings. The first-order valence-corrected chi connectivity index (χ1v) is 14.7. The first kappa shape index (κ1) is 24.6. The lowest BCUT2D eigenvalue weighted by Gasteiger charge is -2.30. The second kappa shape index (κ2) is 12.7. The zero-order valence-electron chi connectivity index (χ0n) is 21.8. The van der Waals surface area contributed by atoms with Gasteiger partial charge in [-0.3, -0.25) is 0 Å². The average Bonchev–Trinajstić information content (AvgIpc) is 3.08. The molecule has 2 fully saturated rings. The van der Waals surface area contributed by atoms with Crippen LogP contribution in [0.15, 0.2) is 54.1 Å². The molecule has 0 amide bonds. The molecule has 1 aliphatic heterocycles. The summed E-state index contributed by atoms with van der Waals surface area (Å²) in [4.78, 5) is 2.72. The van der Waals surface area contributed by atoms with Crippen molar-refractivity contribution in [1.29, 1.82) is 0 Å². The van der Waals surface area contributed by atoms with E-state index in [2.05, 4.69) is 65.6 Å². The lowest BCUT2D eigenvalue weighted by atomic mass is 9.85. The molecule has 0 unspecified atom stereocenters. The molecule has 1 saturated heterocycles. The molecule has 1 heteroatoms. The van der Waals surface area contributed by atoms with E-state index in [-0.39, 0.29) is 0 Å². The van der Waals surface area contributed by atoms with Gasteiger partial charge < -0.3 is 4.90 Å². The number of nitrogens with zero attached hydrogens (tertiary/aromatic N) is 1. The monoisotopic (exact) mass is 467 g/mol. The number of hydrogen-bond donors (Lipinski definition) is 0. The van der Waals surface area contributed by atoms with E-state index in [0.29, 0.717) is 0 Å². The summed E-state index contributed by atoms with van der Waals surface area (Å²) in [5.74, 6) is 1.07. The Balaban J connectivity index is 1.07. The Labute approximate surface area is 214 Å². The van der Waals surface area contributed by atoms with Crippen LogP contribution in [-0.2, 0) is 0 Å². The maximum Gasteiger partial charge on any atom is 0.00190 e. The minimum Gasteiger partial charge on any atom is -0.303 e. The molecule has 5 rings (SSSR count). The van der Waals surface area contributed by atoms with Crippen LogP contribution < -0.4 is 0 Å². The van der Waals surface area contributed by atoms with E-state index in [1.807, 2.05) is 0 Å². The normalized spacial score (nSPS) is 18.9. The zero-order chi connectivity index (χ0) is 23.7. The van der Waals surface area contributed by atoms with E-state index in [1.165, 1.54) is 137 Å². The molecular formula is C34H45N. The Morgan fingerprint density at radius 1 is 0.629 bits per heavy atom. The highest BCUT2D eigenvalue weighted by molar-refractivity contribution is 5.94. The van der Waals surface area contributed by atoms with E-state index < -0.39 is 0 Å². The van der Waals surface area contributed by atoms with E-state index in [4.69, 9.17) is 0 Å². The van der Waals surface area contributed by atoms with Crippen LogP contribution >= 0.6 is 0 Å². The quantitative estimate of drug-likeness (QED) is 0.283. The molecule has 0 atom stereocenters. The fraction of sp³-hybridized carbons (Fsp3) is 0.529. The number of hydrogen-bond acceptors (Lipinski definition) is 1. The molecule has 0 aromatic heterocycles. The molecule has 0 radical (unpaired) electrons. The van der Waals surface area contributed by atoms with Gasteiger partial charge in [0.05, 0.1) is 0 Å². The predicted octanol–water partition coefficient (Wildman–Crippen LogP) is 9.38. The maximum atomic E-state index is 2.72. The van der Waals surface area contributed by atoms with Crippen LogP contribution in [0, 0.1) is 5.92 Å². The van der Waals surface area contributed by atoms with Crippen LogP contribution in [0.1, 0.15) is 112 Å². The van der Waals surface area contributed by atoms with Crippen LogP contribution in [0.5, 0.6) is 0 Å². The van der Waals surface area contributed by atoms with Crippen molar-refractivity contribution in [1.82, 2.24) is 4.90 Å². The van der Waals surface area contributed by atoms with Crippen molar-refractivity contribution < 1.29 is 0 Å². The zero-order valence-corrected chi connectivity index (χ0v) is 21.8. The van der Waals surface area contributed by atoms with Gasteiger partial charge in [0.25, 0.3) is 0 Å². The van der Waals surface area contributed by atoms with E-state index >= 15 is 0 Å². The number of fused-ring (bicyclic) bond motifs is 2. The second-order valence-electron chi connectivity index (χ2n) is 11.2. The number of unbranched alkanes of at least 4 members (excludes halogenated alkanes) is 5. The summed E-state index contributed by atoms with van der Waals surface area (Å²) in [6.45, 7) is 3.73. The van der Waals surface area contributed by atoms with E-state index in [9.17, 15) is 0 Å². The van der Waals surface area contributed by atoms with Gasteiger partial charge in [-0.1, -0.05) is 137 Å². The number of likely N-dealkylation sites (tertiary alicyclic amines) is 1. The molecule has 1 nitrogen and oxygen atoms in total. The number of rotatable bonds is 9. The highest BCUT2D eigenvalue weighted by atomic mass is 15.1. The maximum absolute atomic E-state index is 2.72. The van der Waals surface area contributed by atoms with E-state index in [1.54, 1.807) is 5.57 Å². The fourth-order valence-corrected chi connectivity index (χ4v) is 6.69. The van der Waals surface area contributed by atoms with Gasteiger partial charge in [-0.25, -0.2) is 0 Å². The third-order valence-electron chi connectivity index (χ3n) is 8.78. The SMILES string of the molecule is C1=Cc2ccccc2C(=C2CCN(CCCCCCCCC3CCCCC3)CC2)c2ccccc21. The van der Waals surface area contributed by atoms with Crippen molar-refractivity contribution in [2.45, 2.75) is 89.9 Å². The Morgan fingerprint density at radius 2 is 1.20 bits per heavy atom. The average molecular weight is 468 g/mol. The summed E-state index contributed by atoms with van der Waals surface area (Å²) >= 11 is 0. The molecule has 2 aliphatic carbocycles. The highest BCUT2D eigenvalue weighted by Gasteiger charge is 2.22. The first-order chi connectivity index (χ1) is 17.4. The summed E-state index contributed by atoms with van der Waals surface area (Å²) in [7, 11) is 0. The van der Waals surface area contributed by atoms with Crippen molar-refractivity contribution in [2.75, 3.05) is 19.6 Å². The van der Waals surface area contributed by atoms with Gasteiger partial charge in [0.1, 0.15) is 0 Å². The van der Waals surface area contributed by atoms with Crippen LogP contribution in [-0.4, -0.2) is 24.5 Å². The van der Waals surface area contributed by atoms with Gasteiger partial charge in [-0.15, -0.1) is 0 Å². The molecule has 35 heavy (non-hydrogen) atoms. The van der Waals surface area contributed by atoms with Gasteiger partial charge in [-0.2, -0.15) is 0 Å². The minimum atomic E-state index is 1.07. The van der Waals surface area contributed by atoms with Crippen LogP contribution in [0.3, 0.4) is 0 Å². The fourth-order valence-electron chi connectivity index (χ4n) is 6.69. The van der Waals surface area contributed by atoms with Crippen LogP contribution in [0.25, 0.3) is 17.7 Å².